The number of hydrogen-bond acceptors (Lipinski definition) is 5. The average molecular weight is 431 g/mol. The molecule has 2 N–H and O–H groups in total. The van der Waals surface area contributed by atoms with Crippen LogP contribution in [0.4, 0.5) is 11.4 Å². The fourth-order valence-electron chi connectivity index (χ4n) is 3.36. The van der Waals surface area contributed by atoms with Gasteiger partial charge in [-0.3, -0.25) is 4.79 Å². The van der Waals surface area contributed by atoms with E-state index in [1.54, 1.807) is 20.1 Å². The number of anilines is 2. The Morgan fingerprint density at radius 3 is 2.77 bits per heavy atom. The first kappa shape index (κ1) is 22.0. The first-order valence-corrected chi connectivity index (χ1v) is 10.4. The fraction of sp³-hybridized carbons (Fsp3) is 0.348. The summed E-state index contributed by atoms with van der Waals surface area (Å²) in [6.45, 7) is 1.59. The Hall–Kier alpha value is -2.70. The van der Waals surface area contributed by atoms with Crippen molar-refractivity contribution >= 4 is 34.6 Å². The molecule has 1 aliphatic rings. The molecule has 1 heterocycles. The van der Waals surface area contributed by atoms with Gasteiger partial charge in [-0.05, 0) is 43.2 Å². The van der Waals surface area contributed by atoms with Gasteiger partial charge in [0.1, 0.15) is 11.5 Å². The molecule has 30 heavy (non-hydrogen) atoms. The van der Waals surface area contributed by atoms with Gasteiger partial charge in [-0.2, -0.15) is 0 Å². The maximum atomic E-state index is 12.3. The van der Waals surface area contributed by atoms with Gasteiger partial charge in [0.25, 0.3) is 0 Å². The molecule has 6 nitrogen and oxygen atoms in total. The van der Waals surface area contributed by atoms with Crippen molar-refractivity contribution in [3.8, 4) is 11.5 Å². The lowest BCUT2D eigenvalue weighted by atomic mass is 10.0. The first-order valence-electron chi connectivity index (χ1n) is 9.86. The molecule has 0 bridgehead atoms. The Balaban J connectivity index is 1.90. The van der Waals surface area contributed by atoms with Crippen molar-refractivity contribution in [2.75, 3.05) is 30.3 Å². The van der Waals surface area contributed by atoms with Crippen LogP contribution in [0.2, 0.25) is 0 Å². The van der Waals surface area contributed by atoms with Crippen LogP contribution in [-0.4, -0.2) is 36.8 Å². The number of carbonyl (C=O) groups is 1. The Labute approximate surface area is 182 Å². The average Bonchev–Trinajstić information content (AvgIpc) is 2.72. The zero-order chi connectivity index (χ0) is 21.7. The minimum absolute atomic E-state index is 0.0863. The summed E-state index contributed by atoms with van der Waals surface area (Å²) >= 11 is 5.69. The van der Waals surface area contributed by atoms with Gasteiger partial charge < -0.3 is 24.8 Å². The number of ether oxygens (including phenoxy) is 2. The van der Waals surface area contributed by atoms with E-state index >= 15 is 0 Å². The molecule has 0 spiro atoms. The topological polar surface area (TPSA) is 71.0 Å². The molecule has 160 valence electrons. The second-order valence-corrected chi connectivity index (χ2v) is 7.70. The van der Waals surface area contributed by atoms with Gasteiger partial charge in [0.15, 0.2) is 0 Å². The maximum Gasteiger partial charge on any atom is 0.227 e. The van der Waals surface area contributed by atoms with Crippen molar-refractivity contribution in [2.24, 2.45) is 0 Å². The summed E-state index contributed by atoms with van der Waals surface area (Å²) in [7, 11) is 3.47. The number of nitrogens with zero attached hydrogens (tertiary/aromatic N) is 1. The van der Waals surface area contributed by atoms with E-state index in [1.165, 1.54) is 0 Å². The van der Waals surface area contributed by atoms with E-state index in [4.69, 9.17) is 21.1 Å². The van der Waals surface area contributed by atoms with E-state index in [-0.39, 0.29) is 5.91 Å². The van der Waals surface area contributed by atoms with E-state index in [2.05, 4.69) is 5.32 Å². The SMILES string of the molecule is COc1ccc(N(C)C2=CC(C)(O)Oc3ccccc32)cc1NC(=O)CCCCCl. The molecule has 1 atom stereocenters. The summed E-state index contributed by atoms with van der Waals surface area (Å²) in [5.41, 5.74) is 3.08. The second-order valence-electron chi connectivity index (χ2n) is 7.32. The highest BCUT2D eigenvalue weighted by molar-refractivity contribution is 6.17. The van der Waals surface area contributed by atoms with E-state index in [9.17, 15) is 9.90 Å². The largest absolute Gasteiger partial charge is 0.495 e. The fourth-order valence-corrected chi connectivity index (χ4v) is 3.55. The predicted octanol–water partition coefficient (Wildman–Crippen LogP) is 4.62. The highest BCUT2D eigenvalue weighted by atomic mass is 35.5. The molecule has 7 heteroatoms. The summed E-state index contributed by atoms with van der Waals surface area (Å²) < 4.78 is 11.1. The molecular formula is C23H27ClN2O4. The number of fused-ring (bicyclic) bond motifs is 1. The van der Waals surface area contributed by atoms with Gasteiger partial charge in [-0.1, -0.05) is 12.1 Å². The van der Waals surface area contributed by atoms with E-state index in [1.807, 2.05) is 54.4 Å². The summed E-state index contributed by atoms with van der Waals surface area (Å²) in [6.07, 6.45) is 3.60. The van der Waals surface area contributed by atoms with Crippen molar-refractivity contribution in [1.29, 1.82) is 0 Å². The lowest BCUT2D eigenvalue weighted by Gasteiger charge is -2.34. The van der Waals surface area contributed by atoms with Gasteiger partial charge >= 0.3 is 0 Å². The quantitative estimate of drug-likeness (QED) is 0.472. The van der Waals surface area contributed by atoms with Gasteiger partial charge in [0.2, 0.25) is 11.7 Å². The molecule has 1 amide bonds. The van der Waals surface area contributed by atoms with Crippen molar-refractivity contribution < 1.29 is 19.4 Å². The Bertz CT molecular complexity index is 943. The molecule has 1 unspecified atom stereocenters. The summed E-state index contributed by atoms with van der Waals surface area (Å²) in [4.78, 5) is 14.2. The highest BCUT2D eigenvalue weighted by Crippen LogP contribution is 2.39. The lowest BCUT2D eigenvalue weighted by molar-refractivity contribution is -0.116. The van der Waals surface area contributed by atoms with Crippen LogP contribution in [0, 0.1) is 0 Å². The normalized spacial score (nSPS) is 17.4. The molecule has 3 rings (SSSR count). The third kappa shape index (κ3) is 5.07. The van der Waals surface area contributed by atoms with Crippen LogP contribution < -0.4 is 19.7 Å². The number of unbranched alkanes of at least 4 members (excludes halogenated alkanes) is 1. The molecule has 0 radical (unpaired) electrons. The zero-order valence-corrected chi connectivity index (χ0v) is 18.2. The number of methoxy groups -OCH3 is 1. The smallest absolute Gasteiger partial charge is 0.227 e. The van der Waals surface area contributed by atoms with Crippen LogP contribution in [0.25, 0.3) is 5.70 Å². The number of nitrogens with one attached hydrogen (secondary N) is 1. The molecule has 0 fully saturated rings. The van der Waals surface area contributed by atoms with Gasteiger partial charge in [-0.15, -0.1) is 11.6 Å². The number of rotatable bonds is 8. The monoisotopic (exact) mass is 430 g/mol. The molecule has 2 aromatic carbocycles. The Morgan fingerprint density at radius 2 is 2.03 bits per heavy atom. The van der Waals surface area contributed by atoms with Crippen LogP contribution >= 0.6 is 11.6 Å². The van der Waals surface area contributed by atoms with E-state index in [0.29, 0.717) is 29.5 Å². The van der Waals surface area contributed by atoms with Gasteiger partial charge in [-0.25, -0.2) is 0 Å². The summed E-state index contributed by atoms with van der Waals surface area (Å²) in [5, 5.41) is 13.5. The van der Waals surface area contributed by atoms with Crippen molar-refractivity contribution in [3.63, 3.8) is 0 Å². The lowest BCUT2D eigenvalue weighted by Crippen LogP contribution is -2.35. The van der Waals surface area contributed by atoms with Crippen molar-refractivity contribution in [2.45, 2.75) is 32.0 Å². The number of carbonyl (C=O) groups excluding carboxylic acids is 1. The number of hydrogen-bond donors (Lipinski definition) is 2. The summed E-state index contributed by atoms with van der Waals surface area (Å²) in [5.74, 6) is 0.210. The number of amides is 1. The third-order valence-corrected chi connectivity index (χ3v) is 5.14. The number of para-hydroxylation sites is 1. The van der Waals surface area contributed by atoms with Crippen LogP contribution in [0.15, 0.2) is 48.5 Å². The molecule has 0 aromatic heterocycles. The minimum Gasteiger partial charge on any atom is -0.495 e. The van der Waals surface area contributed by atoms with Crippen LogP contribution in [0.1, 0.15) is 31.7 Å². The van der Waals surface area contributed by atoms with Crippen molar-refractivity contribution in [3.05, 3.63) is 54.1 Å². The third-order valence-electron chi connectivity index (χ3n) is 4.88. The molecule has 0 saturated heterocycles. The Kier molecular flexibility index (Phi) is 6.90. The summed E-state index contributed by atoms with van der Waals surface area (Å²) in [6, 6.07) is 13.1. The number of halogens is 1. The Morgan fingerprint density at radius 1 is 1.27 bits per heavy atom. The number of aliphatic hydroxyl groups is 1. The van der Waals surface area contributed by atoms with Gasteiger partial charge in [0, 0.05) is 43.6 Å². The zero-order valence-electron chi connectivity index (χ0n) is 17.4. The van der Waals surface area contributed by atoms with Crippen LogP contribution in [-0.2, 0) is 4.79 Å². The maximum absolute atomic E-state index is 12.3. The molecular weight excluding hydrogens is 404 g/mol. The second kappa shape index (κ2) is 9.41. The van der Waals surface area contributed by atoms with E-state index < -0.39 is 5.79 Å². The van der Waals surface area contributed by atoms with Gasteiger partial charge in [0.05, 0.1) is 18.5 Å². The predicted molar refractivity (Wildman–Crippen MR) is 120 cm³/mol. The minimum atomic E-state index is -1.43. The highest BCUT2D eigenvalue weighted by Gasteiger charge is 2.30. The van der Waals surface area contributed by atoms with Crippen molar-refractivity contribution in [1.82, 2.24) is 0 Å². The first-order chi connectivity index (χ1) is 14.3. The van der Waals surface area contributed by atoms with Crippen LogP contribution in [0.5, 0.6) is 11.5 Å². The molecule has 1 aliphatic heterocycles. The number of alkyl halides is 1. The molecule has 0 saturated carbocycles. The van der Waals surface area contributed by atoms with Crippen LogP contribution in [0.3, 0.4) is 0 Å². The number of benzene rings is 2. The standard InChI is InChI=1S/C23H27ClN2O4/c1-23(28)15-19(17-8-4-5-9-20(17)30-23)26(2)16-11-12-21(29-3)18(14-16)25-22(27)10-6-7-13-24/h4-5,8-9,11-12,14-15,28H,6-7,10,13H2,1-3H3,(H,25,27). The molecule has 2 aromatic rings. The molecule has 0 aliphatic carbocycles. The van der Waals surface area contributed by atoms with E-state index in [0.717, 1.165) is 29.8 Å².